The van der Waals surface area contributed by atoms with Gasteiger partial charge in [0.1, 0.15) is 11.5 Å². The average molecular weight is 342 g/mol. The van der Waals surface area contributed by atoms with E-state index >= 15 is 0 Å². The third-order valence-corrected chi connectivity index (χ3v) is 3.82. The van der Waals surface area contributed by atoms with Gasteiger partial charge in [0.05, 0.1) is 6.42 Å². The molecule has 7 nitrogen and oxygen atoms in total. The molecule has 0 unspecified atom stereocenters. The maximum Gasteiger partial charge on any atom is 0.276 e. The number of benzene rings is 1. The summed E-state index contributed by atoms with van der Waals surface area (Å²) in [6.07, 6.45) is 0.250. The van der Waals surface area contributed by atoms with E-state index in [0.717, 1.165) is 5.56 Å². The van der Waals surface area contributed by atoms with Crippen molar-refractivity contribution in [3.05, 3.63) is 58.8 Å². The van der Waals surface area contributed by atoms with E-state index in [1.165, 1.54) is 11.3 Å². The standard InChI is InChI=1S/C16H14N4O3S/c1-10-7-13(20-23-10)18-15(22)12-9-24-16(17-12)19-14(21)8-11-5-3-2-4-6-11/h2-7,9H,8H2,1H3,(H,17,19,21)(H,18,20,22). The van der Waals surface area contributed by atoms with Crippen LogP contribution < -0.4 is 10.6 Å². The van der Waals surface area contributed by atoms with E-state index in [2.05, 4.69) is 20.8 Å². The lowest BCUT2D eigenvalue weighted by Crippen LogP contribution is -2.15. The number of nitrogens with zero attached hydrogens (tertiary/aromatic N) is 2. The Kier molecular flexibility index (Phi) is 4.66. The number of amides is 2. The van der Waals surface area contributed by atoms with Crippen molar-refractivity contribution in [1.29, 1.82) is 0 Å². The summed E-state index contributed by atoms with van der Waals surface area (Å²) in [7, 11) is 0. The summed E-state index contributed by atoms with van der Waals surface area (Å²) < 4.78 is 4.88. The molecule has 8 heteroatoms. The van der Waals surface area contributed by atoms with Crippen molar-refractivity contribution in [2.24, 2.45) is 0 Å². The molecule has 2 amide bonds. The summed E-state index contributed by atoms with van der Waals surface area (Å²) in [5.41, 5.74) is 1.11. The lowest BCUT2D eigenvalue weighted by Gasteiger charge is -2.01. The van der Waals surface area contributed by atoms with Crippen LogP contribution in [0.5, 0.6) is 0 Å². The van der Waals surface area contributed by atoms with Crippen LogP contribution in [-0.2, 0) is 11.2 Å². The molecular weight excluding hydrogens is 328 g/mol. The Morgan fingerprint density at radius 1 is 1.21 bits per heavy atom. The Labute approximate surface area is 141 Å². The zero-order valence-electron chi connectivity index (χ0n) is 12.8. The molecule has 2 heterocycles. The predicted octanol–water partition coefficient (Wildman–Crippen LogP) is 2.87. The Balaban J connectivity index is 1.58. The Morgan fingerprint density at radius 2 is 2.00 bits per heavy atom. The van der Waals surface area contributed by atoms with Crippen molar-refractivity contribution in [2.75, 3.05) is 10.6 Å². The molecule has 0 aliphatic rings. The smallest absolute Gasteiger partial charge is 0.276 e. The number of aromatic nitrogens is 2. The molecule has 0 atom stereocenters. The third kappa shape index (κ3) is 4.05. The monoisotopic (exact) mass is 342 g/mol. The van der Waals surface area contributed by atoms with Gasteiger partial charge in [0.2, 0.25) is 5.91 Å². The first-order valence-corrected chi connectivity index (χ1v) is 8.02. The van der Waals surface area contributed by atoms with E-state index in [0.29, 0.717) is 16.7 Å². The molecule has 1 aromatic carbocycles. The molecule has 3 aromatic rings. The second-order valence-corrected chi connectivity index (χ2v) is 5.88. The zero-order chi connectivity index (χ0) is 16.9. The van der Waals surface area contributed by atoms with E-state index in [4.69, 9.17) is 4.52 Å². The highest BCUT2D eigenvalue weighted by molar-refractivity contribution is 7.14. The van der Waals surface area contributed by atoms with E-state index < -0.39 is 5.91 Å². The van der Waals surface area contributed by atoms with Gasteiger partial charge in [-0.25, -0.2) is 4.98 Å². The molecule has 0 saturated heterocycles. The van der Waals surface area contributed by atoms with Gasteiger partial charge in [0.15, 0.2) is 10.9 Å². The van der Waals surface area contributed by atoms with Crippen molar-refractivity contribution in [2.45, 2.75) is 13.3 Å². The highest BCUT2D eigenvalue weighted by atomic mass is 32.1. The molecule has 2 N–H and O–H groups in total. The molecule has 0 bridgehead atoms. The third-order valence-electron chi connectivity index (χ3n) is 3.06. The fourth-order valence-electron chi connectivity index (χ4n) is 1.99. The number of hydrogen-bond donors (Lipinski definition) is 2. The number of anilines is 2. The van der Waals surface area contributed by atoms with E-state index in [1.54, 1.807) is 18.4 Å². The summed E-state index contributed by atoms with van der Waals surface area (Å²) in [6.45, 7) is 1.73. The van der Waals surface area contributed by atoms with Crippen LogP contribution in [0.1, 0.15) is 21.8 Å². The predicted molar refractivity (Wildman–Crippen MR) is 90.1 cm³/mol. The summed E-state index contributed by atoms with van der Waals surface area (Å²) in [5, 5.41) is 10.9. The van der Waals surface area contributed by atoms with Gasteiger partial charge in [-0.3, -0.25) is 9.59 Å². The maximum absolute atomic E-state index is 12.1. The number of thiazole rings is 1. The minimum Gasteiger partial charge on any atom is -0.360 e. The van der Waals surface area contributed by atoms with Crippen LogP contribution in [0.25, 0.3) is 0 Å². The van der Waals surface area contributed by atoms with Crippen LogP contribution in [0, 0.1) is 6.92 Å². The van der Waals surface area contributed by atoms with Gasteiger partial charge in [0.25, 0.3) is 5.91 Å². The van der Waals surface area contributed by atoms with Crippen LogP contribution in [-0.4, -0.2) is 22.0 Å². The minimum atomic E-state index is -0.414. The summed E-state index contributed by atoms with van der Waals surface area (Å²) in [4.78, 5) is 28.2. The lowest BCUT2D eigenvalue weighted by molar-refractivity contribution is -0.115. The van der Waals surface area contributed by atoms with Crippen LogP contribution in [0.4, 0.5) is 10.9 Å². The molecule has 122 valence electrons. The van der Waals surface area contributed by atoms with E-state index in [1.807, 2.05) is 30.3 Å². The normalized spacial score (nSPS) is 10.4. The van der Waals surface area contributed by atoms with Gasteiger partial charge < -0.3 is 15.2 Å². The SMILES string of the molecule is Cc1cc(NC(=O)c2csc(NC(=O)Cc3ccccc3)n2)no1. The van der Waals surface area contributed by atoms with Crippen LogP contribution in [0.3, 0.4) is 0 Å². The molecule has 0 aliphatic heterocycles. The van der Waals surface area contributed by atoms with E-state index in [-0.39, 0.29) is 18.0 Å². The minimum absolute atomic E-state index is 0.186. The fourth-order valence-corrected chi connectivity index (χ4v) is 2.69. The number of nitrogens with one attached hydrogen (secondary N) is 2. The fraction of sp³-hybridized carbons (Fsp3) is 0.125. The molecule has 3 rings (SSSR count). The van der Waals surface area contributed by atoms with Gasteiger partial charge in [0, 0.05) is 11.4 Å². The highest BCUT2D eigenvalue weighted by Gasteiger charge is 2.14. The summed E-state index contributed by atoms with van der Waals surface area (Å²) >= 11 is 1.18. The summed E-state index contributed by atoms with van der Waals surface area (Å²) in [6, 6.07) is 11.0. The molecule has 0 fully saturated rings. The highest BCUT2D eigenvalue weighted by Crippen LogP contribution is 2.17. The zero-order valence-corrected chi connectivity index (χ0v) is 13.6. The maximum atomic E-state index is 12.1. The second-order valence-electron chi connectivity index (χ2n) is 5.03. The first-order valence-electron chi connectivity index (χ1n) is 7.14. The van der Waals surface area contributed by atoms with Gasteiger partial charge in [-0.05, 0) is 12.5 Å². The Hall–Kier alpha value is -3.00. The quantitative estimate of drug-likeness (QED) is 0.743. The van der Waals surface area contributed by atoms with Gasteiger partial charge >= 0.3 is 0 Å². The Morgan fingerprint density at radius 3 is 2.71 bits per heavy atom. The van der Waals surface area contributed by atoms with Crippen molar-refractivity contribution >= 4 is 34.1 Å². The number of carbonyl (C=O) groups is 2. The molecule has 24 heavy (non-hydrogen) atoms. The molecule has 0 spiro atoms. The van der Waals surface area contributed by atoms with Crippen LogP contribution in [0.15, 0.2) is 46.3 Å². The van der Waals surface area contributed by atoms with Gasteiger partial charge in [-0.1, -0.05) is 35.5 Å². The summed E-state index contributed by atoms with van der Waals surface area (Å²) in [5.74, 6) is 0.315. The molecule has 0 radical (unpaired) electrons. The van der Waals surface area contributed by atoms with Crippen molar-refractivity contribution in [1.82, 2.24) is 10.1 Å². The first-order chi connectivity index (χ1) is 11.6. The topological polar surface area (TPSA) is 97.1 Å². The van der Waals surface area contributed by atoms with Crippen molar-refractivity contribution < 1.29 is 14.1 Å². The van der Waals surface area contributed by atoms with Crippen molar-refractivity contribution in [3.8, 4) is 0 Å². The van der Waals surface area contributed by atoms with Gasteiger partial charge in [-0.2, -0.15) is 0 Å². The second kappa shape index (κ2) is 7.05. The molecule has 0 aliphatic carbocycles. The van der Waals surface area contributed by atoms with Crippen molar-refractivity contribution in [3.63, 3.8) is 0 Å². The molecule has 2 aromatic heterocycles. The van der Waals surface area contributed by atoms with Crippen LogP contribution in [0.2, 0.25) is 0 Å². The molecular formula is C16H14N4O3S. The lowest BCUT2D eigenvalue weighted by atomic mass is 10.1. The largest absolute Gasteiger partial charge is 0.360 e. The molecule has 0 saturated carbocycles. The Bertz CT molecular complexity index is 857. The van der Waals surface area contributed by atoms with Crippen LogP contribution >= 0.6 is 11.3 Å². The van der Waals surface area contributed by atoms with Gasteiger partial charge in [-0.15, -0.1) is 11.3 Å². The first kappa shape index (κ1) is 15.9. The number of carbonyl (C=O) groups excluding carboxylic acids is 2. The number of aryl methyl sites for hydroxylation is 1. The van der Waals surface area contributed by atoms with E-state index in [9.17, 15) is 9.59 Å². The number of rotatable bonds is 5. The number of hydrogen-bond acceptors (Lipinski definition) is 6. The average Bonchev–Trinajstić information content (AvgIpc) is 3.17.